The Morgan fingerprint density at radius 2 is 0.734 bits per heavy atom. The van der Waals surface area contributed by atoms with Gasteiger partial charge in [0.1, 0.15) is 0 Å². The average Bonchev–Trinajstić information content (AvgIpc) is 3.97. The summed E-state index contributed by atoms with van der Waals surface area (Å²) in [7, 11) is 0. The fourth-order valence-electron chi connectivity index (χ4n) is 5.25. The minimum absolute atomic E-state index is 0. The summed E-state index contributed by atoms with van der Waals surface area (Å²) in [5, 5.41) is 56.1. The Morgan fingerprint density at radius 1 is 0.500 bits per heavy atom. The van der Waals surface area contributed by atoms with E-state index >= 15 is 0 Å². The van der Waals surface area contributed by atoms with E-state index in [-0.39, 0.29) is 33.0 Å². The van der Waals surface area contributed by atoms with Crippen LogP contribution in [0.3, 0.4) is 0 Å². The summed E-state index contributed by atoms with van der Waals surface area (Å²) in [5.41, 5.74) is 7.53. The van der Waals surface area contributed by atoms with Crippen LogP contribution in [0.15, 0.2) is 24.3 Å². The van der Waals surface area contributed by atoms with Crippen LogP contribution < -0.4 is 4.90 Å². The average molecular weight is 1030 g/mol. The van der Waals surface area contributed by atoms with E-state index in [4.69, 9.17) is 21.6 Å². The van der Waals surface area contributed by atoms with Crippen molar-refractivity contribution >= 4 is 81.4 Å². The van der Waals surface area contributed by atoms with Crippen molar-refractivity contribution in [2.24, 2.45) is 0 Å². The topological polar surface area (TPSA) is 255 Å². The number of anilines is 1. The van der Waals surface area contributed by atoms with Gasteiger partial charge in [0.25, 0.3) is 11.9 Å². The third kappa shape index (κ3) is 20.0. The first-order valence-electron chi connectivity index (χ1n) is 18.4. The third-order valence-corrected chi connectivity index (χ3v) is 7.34. The van der Waals surface area contributed by atoms with E-state index < -0.39 is 0 Å². The monoisotopic (exact) mass is 1030 g/mol. The Labute approximate surface area is 415 Å². The standard InChI is InChI=1S/C17H24N8.C15H19N8.C2H5.4CNS.2Ni/c1-7-23(8-2)15-18-16(24-13(5)9-11(3)21-24)20-17(19-15)25-14(6)10-12(4)22-25;1-6-16-13-17-14(22-11(4)7-9(2)20-22)19-15(18-13)23-12(5)8-10(3)21-23;1-2;4*2-1-3;;/h9-10H,7-8H2,1-6H3;7-8H,6H2,1-5H3;1H2,2H3;;;;;;/q;6*-1;2*+3. The van der Waals surface area contributed by atoms with E-state index in [9.17, 15) is 0 Å². The molecule has 26 heteroatoms. The first-order chi connectivity index (χ1) is 29.6. The number of hydrogen-bond donors (Lipinski definition) is 0. The van der Waals surface area contributed by atoms with Crippen molar-refractivity contribution in [3.63, 3.8) is 0 Å². The summed E-state index contributed by atoms with van der Waals surface area (Å²) < 4.78 is 6.89. The Kier molecular flexibility index (Phi) is 33.5. The number of thiocarbonyl (C=S) groups is 4. The molecular formula is C38H48N20Ni2S4. The predicted molar refractivity (Wildman–Crippen MR) is 258 cm³/mol. The molecule has 0 fully saturated rings. The predicted octanol–water partition coefficient (Wildman–Crippen LogP) is 8.29. The van der Waals surface area contributed by atoms with Gasteiger partial charge in [-0.25, -0.2) is 23.7 Å². The number of hydrogen-bond acceptors (Lipinski definition) is 15. The molecule has 0 aliphatic rings. The van der Waals surface area contributed by atoms with Crippen LogP contribution in [-0.2, 0) is 33.0 Å². The zero-order valence-corrected chi connectivity index (χ0v) is 42.6. The molecule has 64 heavy (non-hydrogen) atoms. The second-order valence-corrected chi connectivity index (χ2v) is 12.6. The fourth-order valence-corrected chi connectivity index (χ4v) is 5.25. The van der Waals surface area contributed by atoms with Crippen LogP contribution in [-0.4, -0.2) is 109 Å². The molecule has 0 amide bonds. The van der Waals surface area contributed by atoms with Crippen molar-refractivity contribution in [3.05, 3.63) is 104 Å². The van der Waals surface area contributed by atoms with Gasteiger partial charge in [-0.15, -0.1) is 0 Å². The molecular weight excluding hydrogens is 982 g/mol. The van der Waals surface area contributed by atoms with E-state index in [1.54, 1.807) is 25.7 Å². The maximum Gasteiger partial charge on any atom is 3.00 e. The van der Waals surface area contributed by atoms with Gasteiger partial charge in [0.05, 0.1) is 22.8 Å². The Hall–Kier alpha value is -5.35. The van der Waals surface area contributed by atoms with Crippen LogP contribution in [0.2, 0.25) is 0 Å². The molecule has 6 rings (SSSR count). The van der Waals surface area contributed by atoms with Crippen molar-refractivity contribution in [1.29, 1.82) is 0 Å². The summed E-state index contributed by atoms with van der Waals surface area (Å²) in [5.74, 6) is 2.91. The molecule has 0 saturated carbocycles. The number of aryl methyl sites for hydroxylation is 8. The van der Waals surface area contributed by atoms with Gasteiger partial charge >= 0.3 is 33.0 Å². The fraction of sp³-hybridized carbons (Fsp3) is 0.395. The molecule has 0 bridgehead atoms. The van der Waals surface area contributed by atoms with E-state index in [0.29, 0.717) is 42.2 Å². The molecule has 6 heterocycles. The third-order valence-electron chi connectivity index (χ3n) is 7.34. The van der Waals surface area contributed by atoms with Gasteiger partial charge in [0.2, 0.25) is 5.95 Å². The van der Waals surface area contributed by atoms with Crippen molar-refractivity contribution in [2.45, 2.75) is 83.1 Å². The summed E-state index contributed by atoms with van der Waals surface area (Å²) in [6, 6.07) is 7.96. The first kappa shape index (κ1) is 62.9. The van der Waals surface area contributed by atoms with E-state index in [0.717, 1.165) is 58.6 Å². The second kappa shape index (κ2) is 34.1. The Balaban J connectivity index is -0.000000884. The molecule has 0 atom stereocenters. The SMILES string of the molecule is CCN(CC)c1nc(-n2nc(C)cc2C)nc(-n2nc(C)cc2C)n1.CC[N-]c1nc(-n2nc(C)cc2C)nc(-n2nc(C)cc2C)n1.[CH2-]C.[N-]=C=S.[N-]=C=S.[N-]=C=S.[N-]=C=S.[Ni+3].[Ni+3]. The molecule has 20 nitrogen and oxygen atoms in total. The van der Waals surface area contributed by atoms with Gasteiger partial charge in [0.15, 0.2) is 11.9 Å². The van der Waals surface area contributed by atoms with Crippen LogP contribution in [0.25, 0.3) is 50.7 Å². The van der Waals surface area contributed by atoms with Crippen molar-refractivity contribution < 1.29 is 33.0 Å². The van der Waals surface area contributed by atoms with E-state index in [2.05, 4.69) is 130 Å². The van der Waals surface area contributed by atoms with E-state index in [1.807, 2.05) is 86.6 Å². The van der Waals surface area contributed by atoms with Crippen LogP contribution in [0.1, 0.15) is 73.2 Å². The van der Waals surface area contributed by atoms with Crippen LogP contribution in [0, 0.1) is 62.3 Å². The van der Waals surface area contributed by atoms with Crippen molar-refractivity contribution in [3.8, 4) is 23.8 Å². The van der Waals surface area contributed by atoms with Gasteiger partial charge in [-0.3, -0.25) is 0 Å². The molecule has 344 valence electrons. The van der Waals surface area contributed by atoms with Gasteiger partial charge in [-0.05, 0) is 100 Å². The summed E-state index contributed by atoms with van der Waals surface area (Å²) in [6.45, 7) is 29.0. The molecule has 2 radical (unpaired) electrons. The second-order valence-electron chi connectivity index (χ2n) is 11.8. The summed E-state index contributed by atoms with van der Waals surface area (Å²) >= 11 is 14.8. The minimum Gasteiger partial charge on any atom is -0.753 e. The van der Waals surface area contributed by atoms with Crippen molar-refractivity contribution in [1.82, 2.24) is 69.0 Å². The van der Waals surface area contributed by atoms with Gasteiger partial charge in [-0.1, -0.05) is 55.8 Å². The number of rotatable bonds is 9. The molecule has 0 aliphatic carbocycles. The molecule has 0 spiro atoms. The molecule has 0 aliphatic heterocycles. The van der Waals surface area contributed by atoms with Crippen LogP contribution in [0.5, 0.6) is 0 Å². The quantitative estimate of drug-likeness (QED) is 0.0571. The Bertz CT molecular complexity index is 2270. The number of nitrogens with zero attached hydrogens (tertiary/aromatic N) is 20. The van der Waals surface area contributed by atoms with Crippen LogP contribution >= 0.6 is 48.9 Å². The molecule has 6 aromatic heterocycles. The largest absolute Gasteiger partial charge is 3.00 e. The smallest absolute Gasteiger partial charge is 0.753 e. The molecule has 6 aromatic rings. The van der Waals surface area contributed by atoms with E-state index in [1.165, 1.54) is 20.6 Å². The summed E-state index contributed by atoms with van der Waals surface area (Å²) in [6.07, 6.45) is 0. The number of isothiocyanates is 4. The van der Waals surface area contributed by atoms with Gasteiger partial charge in [0, 0.05) is 41.8 Å². The zero-order valence-electron chi connectivity index (χ0n) is 37.3. The first-order valence-corrected chi connectivity index (χ1v) is 20.0. The molecule has 0 N–H and O–H groups in total. The van der Waals surface area contributed by atoms with Crippen molar-refractivity contribution in [2.75, 3.05) is 24.5 Å². The van der Waals surface area contributed by atoms with Gasteiger partial charge < -0.3 is 48.7 Å². The maximum absolute atomic E-state index is 7.13. The minimum atomic E-state index is 0. The maximum atomic E-state index is 7.13. The zero-order chi connectivity index (χ0) is 47.5. The van der Waals surface area contributed by atoms with Crippen LogP contribution in [0.4, 0.5) is 11.9 Å². The normalized spacial score (nSPS) is 8.89. The van der Waals surface area contributed by atoms with Gasteiger partial charge in [-0.2, -0.15) is 62.9 Å². The molecule has 0 unspecified atom stereocenters. The number of aromatic nitrogens is 14. The molecule has 0 aromatic carbocycles. The Morgan fingerprint density at radius 3 is 0.922 bits per heavy atom. The molecule has 0 saturated heterocycles. The summed E-state index contributed by atoms with van der Waals surface area (Å²) in [4.78, 5) is 29.3.